The molecule has 5 heteroatoms. The number of imidazole rings is 1. The summed E-state index contributed by atoms with van der Waals surface area (Å²) in [7, 11) is 1.94. The number of esters is 1. The Morgan fingerprint density at radius 3 is 2.61 bits per heavy atom. The number of carbonyl (C=O) groups is 1. The molecule has 4 nitrogen and oxygen atoms in total. The zero-order valence-electron chi connectivity index (χ0n) is 11.3. The van der Waals surface area contributed by atoms with E-state index in [1.807, 2.05) is 34.9 Å². The quantitative estimate of drug-likeness (QED) is 0.356. The summed E-state index contributed by atoms with van der Waals surface area (Å²) in [4.78, 5) is 11.4. The van der Waals surface area contributed by atoms with Gasteiger partial charge in [-0.3, -0.25) is 4.79 Å². The van der Waals surface area contributed by atoms with Gasteiger partial charge in [-0.05, 0) is 6.42 Å². The lowest BCUT2D eigenvalue weighted by molar-refractivity contribution is -0.727. The first-order chi connectivity index (χ1) is 8.22. The van der Waals surface area contributed by atoms with Crippen molar-refractivity contribution >= 4 is 5.97 Å². The monoisotopic (exact) mass is 318 g/mol. The zero-order valence-corrected chi connectivity index (χ0v) is 12.9. The Kier molecular flexibility index (Phi) is 9.64. The van der Waals surface area contributed by atoms with Crippen LogP contribution in [0.15, 0.2) is 18.7 Å². The second-order valence-corrected chi connectivity index (χ2v) is 4.40. The van der Waals surface area contributed by atoms with Gasteiger partial charge in [0.05, 0.1) is 7.05 Å². The molecule has 0 saturated carbocycles. The molecule has 1 heterocycles. The fraction of sp³-hybridized carbons (Fsp3) is 0.692. The van der Waals surface area contributed by atoms with Crippen LogP contribution in [0.1, 0.15) is 45.4 Å². The van der Waals surface area contributed by atoms with Gasteiger partial charge >= 0.3 is 5.97 Å². The van der Waals surface area contributed by atoms with Gasteiger partial charge in [0.1, 0.15) is 12.4 Å². The Hall–Kier alpha value is -0.840. The molecule has 1 rings (SSSR count). The first-order valence-electron chi connectivity index (χ1n) is 6.39. The normalized spacial score (nSPS) is 9.89. The van der Waals surface area contributed by atoms with Gasteiger partial charge in [0.2, 0.25) is 13.1 Å². The number of nitrogens with zero attached hydrogens (tertiary/aromatic N) is 2. The Labute approximate surface area is 120 Å². The standard InChI is InChI=1S/C13H23N2O2.BrH/c1-3-4-5-6-7-8-13(16)17-12-15-10-9-14(2)11-15;/h9-11H,3-8,12H2,1-2H3;1H/q+1;/p-1. The summed E-state index contributed by atoms with van der Waals surface area (Å²) in [5.41, 5.74) is 0. The number of carbonyl (C=O) groups excluding carboxylic acids is 1. The van der Waals surface area contributed by atoms with Crippen LogP contribution in [0.25, 0.3) is 0 Å². The molecule has 104 valence electrons. The molecule has 0 aromatic carbocycles. The minimum Gasteiger partial charge on any atom is -1.00 e. The molecule has 0 bridgehead atoms. The van der Waals surface area contributed by atoms with E-state index >= 15 is 0 Å². The largest absolute Gasteiger partial charge is 1.00 e. The predicted molar refractivity (Wildman–Crippen MR) is 65.1 cm³/mol. The first-order valence-corrected chi connectivity index (χ1v) is 6.39. The van der Waals surface area contributed by atoms with Crippen LogP contribution < -0.4 is 21.5 Å². The minimum atomic E-state index is -0.0992. The summed E-state index contributed by atoms with van der Waals surface area (Å²) in [6.45, 7) is 2.50. The maximum atomic E-state index is 11.4. The van der Waals surface area contributed by atoms with Crippen molar-refractivity contribution in [3.05, 3.63) is 18.7 Å². The van der Waals surface area contributed by atoms with Crippen LogP contribution in [0.5, 0.6) is 0 Å². The molecule has 0 N–H and O–H groups in total. The molecule has 0 unspecified atom stereocenters. The number of unbranched alkanes of at least 4 members (excludes halogenated alkanes) is 4. The summed E-state index contributed by atoms with van der Waals surface area (Å²) in [5, 5.41) is 0. The maximum Gasteiger partial charge on any atom is 0.308 e. The highest BCUT2D eigenvalue weighted by atomic mass is 79.9. The van der Waals surface area contributed by atoms with Crippen LogP contribution in [-0.4, -0.2) is 10.5 Å². The van der Waals surface area contributed by atoms with Gasteiger partial charge in [0.15, 0.2) is 0 Å². The average molecular weight is 319 g/mol. The molecule has 0 fully saturated rings. The molecule has 0 saturated heterocycles. The molecule has 0 aliphatic rings. The topological polar surface area (TPSA) is 35.1 Å². The van der Waals surface area contributed by atoms with Crippen LogP contribution >= 0.6 is 0 Å². The van der Waals surface area contributed by atoms with E-state index in [4.69, 9.17) is 4.74 Å². The SMILES string of the molecule is CCCCCCCC(=O)OC[n+]1ccn(C)c1.[Br-]. The Morgan fingerprint density at radius 1 is 1.28 bits per heavy atom. The second kappa shape index (κ2) is 10.1. The summed E-state index contributed by atoms with van der Waals surface area (Å²) in [6, 6.07) is 0. The molecule has 0 atom stereocenters. The van der Waals surface area contributed by atoms with Crippen molar-refractivity contribution in [2.24, 2.45) is 7.05 Å². The Morgan fingerprint density at radius 2 is 2.00 bits per heavy atom. The van der Waals surface area contributed by atoms with Crippen molar-refractivity contribution in [3.63, 3.8) is 0 Å². The summed E-state index contributed by atoms with van der Waals surface area (Å²) in [5.74, 6) is -0.0992. The molecule has 0 spiro atoms. The van der Waals surface area contributed by atoms with Gasteiger partial charge in [-0.25, -0.2) is 9.13 Å². The third-order valence-electron chi connectivity index (χ3n) is 2.68. The number of halogens is 1. The van der Waals surface area contributed by atoms with E-state index in [1.165, 1.54) is 19.3 Å². The highest BCUT2D eigenvalue weighted by Crippen LogP contribution is 2.05. The van der Waals surface area contributed by atoms with Crippen molar-refractivity contribution in [1.29, 1.82) is 0 Å². The van der Waals surface area contributed by atoms with E-state index in [2.05, 4.69) is 6.92 Å². The van der Waals surface area contributed by atoms with Crippen molar-refractivity contribution < 1.29 is 31.1 Å². The number of aromatic nitrogens is 2. The maximum absolute atomic E-state index is 11.4. The smallest absolute Gasteiger partial charge is 0.308 e. The van der Waals surface area contributed by atoms with Crippen LogP contribution in [0.2, 0.25) is 0 Å². The van der Waals surface area contributed by atoms with Gasteiger partial charge in [-0.15, -0.1) is 0 Å². The molecule has 1 aromatic heterocycles. The first kappa shape index (κ1) is 17.2. The fourth-order valence-corrected chi connectivity index (χ4v) is 1.67. The number of hydrogen-bond donors (Lipinski definition) is 0. The molecule has 0 radical (unpaired) electrons. The highest BCUT2D eigenvalue weighted by molar-refractivity contribution is 5.68. The molecular weight excluding hydrogens is 296 g/mol. The molecule has 18 heavy (non-hydrogen) atoms. The molecule has 0 aliphatic heterocycles. The van der Waals surface area contributed by atoms with Gasteiger partial charge in [-0.1, -0.05) is 32.6 Å². The Balaban J connectivity index is 0.00000289. The number of hydrogen-bond acceptors (Lipinski definition) is 2. The lowest BCUT2D eigenvalue weighted by Crippen LogP contribution is -3.00. The van der Waals surface area contributed by atoms with E-state index in [1.54, 1.807) is 0 Å². The highest BCUT2D eigenvalue weighted by Gasteiger charge is 2.05. The molecule has 0 aliphatic carbocycles. The van der Waals surface area contributed by atoms with Gasteiger partial charge < -0.3 is 21.7 Å². The lowest BCUT2D eigenvalue weighted by atomic mass is 10.1. The zero-order chi connectivity index (χ0) is 12.5. The van der Waals surface area contributed by atoms with E-state index < -0.39 is 0 Å². The van der Waals surface area contributed by atoms with Crippen LogP contribution in [-0.2, 0) is 23.3 Å². The van der Waals surface area contributed by atoms with Gasteiger partial charge in [-0.2, -0.15) is 0 Å². The summed E-state index contributed by atoms with van der Waals surface area (Å²) >= 11 is 0. The van der Waals surface area contributed by atoms with Gasteiger partial charge in [0.25, 0.3) is 0 Å². The Bertz CT molecular complexity index is 339. The third kappa shape index (κ3) is 7.48. The van der Waals surface area contributed by atoms with Crippen molar-refractivity contribution in [3.8, 4) is 0 Å². The van der Waals surface area contributed by atoms with Crippen molar-refractivity contribution in [2.45, 2.75) is 52.2 Å². The predicted octanol–water partition coefficient (Wildman–Crippen LogP) is -0.822. The van der Waals surface area contributed by atoms with Crippen LogP contribution in [0.4, 0.5) is 0 Å². The molecular formula is C13H23BrN2O2. The van der Waals surface area contributed by atoms with Crippen molar-refractivity contribution in [1.82, 2.24) is 4.57 Å². The minimum absolute atomic E-state index is 0. The summed E-state index contributed by atoms with van der Waals surface area (Å²) in [6.07, 6.45) is 12.0. The van der Waals surface area contributed by atoms with Crippen molar-refractivity contribution in [2.75, 3.05) is 0 Å². The third-order valence-corrected chi connectivity index (χ3v) is 2.68. The second-order valence-electron chi connectivity index (χ2n) is 4.40. The summed E-state index contributed by atoms with van der Waals surface area (Å²) < 4.78 is 8.92. The van der Waals surface area contributed by atoms with E-state index in [0.717, 1.165) is 12.8 Å². The van der Waals surface area contributed by atoms with Crippen LogP contribution in [0.3, 0.4) is 0 Å². The van der Waals surface area contributed by atoms with E-state index in [0.29, 0.717) is 13.2 Å². The fourth-order valence-electron chi connectivity index (χ4n) is 1.67. The average Bonchev–Trinajstić information content (AvgIpc) is 2.72. The van der Waals surface area contributed by atoms with E-state index in [-0.39, 0.29) is 23.0 Å². The number of aryl methyl sites for hydroxylation is 1. The lowest BCUT2D eigenvalue weighted by Gasteiger charge is -2.02. The van der Waals surface area contributed by atoms with E-state index in [9.17, 15) is 4.79 Å². The number of rotatable bonds is 8. The van der Waals surface area contributed by atoms with Gasteiger partial charge in [0, 0.05) is 6.42 Å². The van der Waals surface area contributed by atoms with Crippen LogP contribution in [0, 0.1) is 0 Å². The number of ether oxygens (including phenoxy) is 1. The molecule has 0 amide bonds. The molecule has 1 aromatic rings.